The summed E-state index contributed by atoms with van der Waals surface area (Å²) in [7, 11) is 1.65. The van der Waals surface area contributed by atoms with Crippen molar-refractivity contribution >= 4 is 11.6 Å². The summed E-state index contributed by atoms with van der Waals surface area (Å²) < 4.78 is 5.04. The molecule has 0 aliphatic heterocycles. The van der Waals surface area contributed by atoms with E-state index >= 15 is 0 Å². The number of carbonyl (C=O) groups excluding carboxylic acids is 1. The number of carbonyl (C=O) groups is 1. The molecule has 0 aliphatic rings. The molecule has 0 spiro atoms. The van der Waals surface area contributed by atoms with Crippen molar-refractivity contribution in [1.82, 2.24) is 0 Å². The fourth-order valence-corrected chi connectivity index (χ4v) is 1.85. The molecule has 2 aromatic carbocycles. The van der Waals surface area contributed by atoms with Gasteiger partial charge < -0.3 is 10.1 Å². The third kappa shape index (κ3) is 3.66. The van der Waals surface area contributed by atoms with Gasteiger partial charge in [-0.25, -0.2) is 0 Å². The lowest BCUT2D eigenvalue weighted by Gasteiger charge is -2.07. The molecule has 0 aromatic heterocycles. The van der Waals surface area contributed by atoms with Crippen LogP contribution in [0.15, 0.2) is 48.5 Å². The van der Waals surface area contributed by atoms with E-state index in [1.165, 1.54) is 0 Å². The van der Waals surface area contributed by atoms with Gasteiger partial charge in [-0.2, -0.15) is 0 Å². The summed E-state index contributed by atoms with van der Waals surface area (Å²) >= 11 is 0. The van der Waals surface area contributed by atoms with Crippen molar-refractivity contribution in [1.29, 1.82) is 0 Å². The van der Waals surface area contributed by atoms with Crippen molar-refractivity contribution in [3.8, 4) is 0 Å². The van der Waals surface area contributed by atoms with Gasteiger partial charge >= 0.3 is 0 Å². The summed E-state index contributed by atoms with van der Waals surface area (Å²) in [6.07, 6.45) is 0. The number of ether oxygens (including phenoxy) is 1. The predicted octanol–water partition coefficient (Wildman–Crippen LogP) is 3.39. The smallest absolute Gasteiger partial charge is 0.255 e. The molecule has 3 nitrogen and oxygen atoms in total. The highest BCUT2D eigenvalue weighted by molar-refractivity contribution is 6.04. The summed E-state index contributed by atoms with van der Waals surface area (Å²) in [6.45, 7) is 2.55. The first-order chi connectivity index (χ1) is 9.19. The number of benzene rings is 2. The van der Waals surface area contributed by atoms with E-state index in [4.69, 9.17) is 4.74 Å². The Balaban J connectivity index is 2.07. The minimum absolute atomic E-state index is 0.102. The Kier molecular flexibility index (Phi) is 4.31. The molecular weight excluding hydrogens is 238 g/mol. The van der Waals surface area contributed by atoms with E-state index in [2.05, 4.69) is 5.32 Å². The maximum absolute atomic E-state index is 12.1. The van der Waals surface area contributed by atoms with E-state index in [1.54, 1.807) is 19.2 Å². The largest absolute Gasteiger partial charge is 0.380 e. The van der Waals surface area contributed by atoms with Gasteiger partial charge in [0.25, 0.3) is 5.91 Å². The van der Waals surface area contributed by atoms with Crippen molar-refractivity contribution in [3.63, 3.8) is 0 Å². The predicted molar refractivity (Wildman–Crippen MR) is 76.3 cm³/mol. The molecule has 98 valence electrons. The van der Waals surface area contributed by atoms with Gasteiger partial charge in [-0.3, -0.25) is 4.79 Å². The van der Waals surface area contributed by atoms with E-state index in [9.17, 15) is 4.79 Å². The van der Waals surface area contributed by atoms with Crippen LogP contribution in [0.25, 0.3) is 0 Å². The summed E-state index contributed by atoms with van der Waals surface area (Å²) in [5, 5.41) is 2.88. The zero-order chi connectivity index (χ0) is 13.7. The van der Waals surface area contributed by atoms with Crippen LogP contribution in [0.5, 0.6) is 0 Å². The number of nitrogens with one attached hydrogen (secondary N) is 1. The van der Waals surface area contributed by atoms with Crippen LogP contribution in [0.1, 0.15) is 21.5 Å². The highest BCUT2D eigenvalue weighted by Crippen LogP contribution is 2.12. The lowest BCUT2D eigenvalue weighted by molar-refractivity contribution is 0.102. The van der Waals surface area contributed by atoms with Crippen LogP contribution >= 0.6 is 0 Å². The van der Waals surface area contributed by atoms with Crippen molar-refractivity contribution in [3.05, 3.63) is 65.2 Å². The number of aryl methyl sites for hydroxylation is 1. The van der Waals surface area contributed by atoms with Crippen LogP contribution in [-0.2, 0) is 11.3 Å². The topological polar surface area (TPSA) is 38.3 Å². The number of amides is 1. The fraction of sp³-hybridized carbons (Fsp3) is 0.188. The molecule has 3 heteroatoms. The van der Waals surface area contributed by atoms with Crippen LogP contribution < -0.4 is 5.32 Å². The Morgan fingerprint density at radius 2 is 1.89 bits per heavy atom. The molecule has 2 rings (SSSR count). The molecule has 0 saturated carbocycles. The maximum atomic E-state index is 12.1. The summed E-state index contributed by atoms with van der Waals surface area (Å²) in [6, 6.07) is 15.1. The summed E-state index contributed by atoms with van der Waals surface area (Å²) in [5.74, 6) is -0.102. The van der Waals surface area contributed by atoms with Gasteiger partial charge in [0, 0.05) is 18.4 Å². The van der Waals surface area contributed by atoms with Crippen molar-refractivity contribution < 1.29 is 9.53 Å². The SMILES string of the molecule is COCc1ccc(C(=O)Nc2cccc(C)c2)cc1. The second-order valence-electron chi connectivity index (χ2n) is 4.45. The normalized spacial score (nSPS) is 10.2. The van der Waals surface area contributed by atoms with E-state index < -0.39 is 0 Å². The molecular formula is C16H17NO2. The molecule has 0 unspecified atom stereocenters. The summed E-state index contributed by atoms with van der Waals surface area (Å²) in [4.78, 5) is 12.1. The van der Waals surface area contributed by atoms with E-state index in [0.29, 0.717) is 12.2 Å². The van der Waals surface area contributed by atoms with Gasteiger partial charge in [0.05, 0.1) is 6.61 Å². The van der Waals surface area contributed by atoms with E-state index in [1.807, 2.05) is 43.3 Å². The van der Waals surface area contributed by atoms with Gasteiger partial charge in [0.15, 0.2) is 0 Å². The lowest BCUT2D eigenvalue weighted by atomic mass is 10.1. The van der Waals surface area contributed by atoms with Crippen molar-refractivity contribution in [2.45, 2.75) is 13.5 Å². The first kappa shape index (κ1) is 13.3. The second-order valence-corrected chi connectivity index (χ2v) is 4.45. The Morgan fingerprint density at radius 1 is 1.16 bits per heavy atom. The third-order valence-corrected chi connectivity index (χ3v) is 2.80. The van der Waals surface area contributed by atoms with Crippen LogP contribution in [0.3, 0.4) is 0 Å². The van der Waals surface area contributed by atoms with Crippen molar-refractivity contribution in [2.75, 3.05) is 12.4 Å². The van der Waals surface area contributed by atoms with Gasteiger partial charge in [-0.1, -0.05) is 24.3 Å². The fourth-order valence-electron chi connectivity index (χ4n) is 1.85. The first-order valence-electron chi connectivity index (χ1n) is 6.15. The van der Waals surface area contributed by atoms with E-state index in [-0.39, 0.29) is 5.91 Å². The number of hydrogen-bond donors (Lipinski definition) is 1. The Labute approximate surface area is 113 Å². The Bertz CT molecular complexity index is 561. The quantitative estimate of drug-likeness (QED) is 0.909. The van der Waals surface area contributed by atoms with Gasteiger partial charge in [0.1, 0.15) is 0 Å². The van der Waals surface area contributed by atoms with E-state index in [0.717, 1.165) is 16.8 Å². The molecule has 19 heavy (non-hydrogen) atoms. The molecule has 2 aromatic rings. The lowest BCUT2D eigenvalue weighted by Crippen LogP contribution is -2.11. The van der Waals surface area contributed by atoms with Crippen LogP contribution in [0, 0.1) is 6.92 Å². The number of methoxy groups -OCH3 is 1. The molecule has 0 fully saturated rings. The average molecular weight is 255 g/mol. The number of anilines is 1. The first-order valence-corrected chi connectivity index (χ1v) is 6.15. The minimum Gasteiger partial charge on any atom is -0.380 e. The molecule has 0 saturated heterocycles. The van der Waals surface area contributed by atoms with Gasteiger partial charge in [-0.05, 0) is 42.3 Å². The summed E-state index contributed by atoms with van der Waals surface area (Å²) in [5.41, 5.74) is 3.62. The molecule has 0 bridgehead atoms. The van der Waals surface area contributed by atoms with Crippen LogP contribution in [-0.4, -0.2) is 13.0 Å². The number of hydrogen-bond acceptors (Lipinski definition) is 2. The average Bonchev–Trinajstić information content (AvgIpc) is 2.40. The molecule has 0 atom stereocenters. The maximum Gasteiger partial charge on any atom is 0.255 e. The molecule has 1 N–H and O–H groups in total. The molecule has 1 amide bonds. The highest BCUT2D eigenvalue weighted by atomic mass is 16.5. The van der Waals surface area contributed by atoms with Crippen molar-refractivity contribution in [2.24, 2.45) is 0 Å². The zero-order valence-electron chi connectivity index (χ0n) is 11.1. The second kappa shape index (κ2) is 6.16. The molecule has 0 heterocycles. The molecule has 0 aliphatic carbocycles. The number of rotatable bonds is 4. The van der Waals surface area contributed by atoms with Gasteiger partial charge in [-0.15, -0.1) is 0 Å². The van der Waals surface area contributed by atoms with Crippen LogP contribution in [0.2, 0.25) is 0 Å². The Morgan fingerprint density at radius 3 is 2.53 bits per heavy atom. The highest BCUT2D eigenvalue weighted by Gasteiger charge is 2.05. The Hall–Kier alpha value is -2.13. The third-order valence-electron chi connectivity index (χ3n) is 2.80. The standard InChI is InChI=1S/C16H17NO2/c1-12-4-3-5-15(10-12)17-16(18)14-8-6-13(7-9-14)11-19-2/h3-10H,11H2,1-2H3,(H,17,18). The van der Waals surface area contributed by atoms with Gasteiger partial charge in [0.2, 0.25) is 0 Å². The molecule has 0 radical (unpaired) electrons. The zero-order valence-corrected chi connectivity index (χ0v) is 11.1. The monoisotopic (exact) mass is 255 g/mol. The van der Waals surface area contributed by atoms with Crippen LogP contribution in [0.4, 0.5) is 5.69 Å². The minimum atomic E-state index is -0.102.